The molecule has 0 unspecified atom stereocenters. The van der Waals surface area contributed by atoms with Gasteiger partial charge in [0.05, 0.1) is 31.3 Å². The third-order valence-electron chi connectivity index (χ3n) is 4.77. The lowest BCUT2D eigenvalue weighted by molar-refractivity contribution is 0.0955. The highest BCUT2D eigenvalue weighted by atomic mass is 16.5. The Morgan fingerprint density at radius 3 is 2.70 bits per heavy atom. The molecule has 0 saturated heterocycles. The lowest BCUT2D eigenvalue weighted by Gasteiger charge is -2.07. The number of ether oxygens (including phenoxy) is 2. The fraction of sp³-hybridized carbons (Fsp3) is 0.136. The summed E-state index contributed by atoms with van der Waals surface area (Å²) < 4.78 is 17.6. The summed E-state index contributed by atoms with van der Waals surface area (Å²) in [5.74, 6) is 0.808. The summed E-state index contributed by atoms with van der Waals surface area (Å²) in [6, 6.07) is 13.6. The average molecular weight is 405 g/mol. The number of fused-ring (bicyclic) bond motifs is 3. The summed E-state index contributed by atoms with van der Waals surface area (Å²) >= 11 is 0. The van der Waals surface area contributed by atoms with Crippen molar-refractivity contribution in [2.45, 2.75) is 6.92 Å². The number of aryl methyl sites for hydroxylation is 1. The molecule has 152 valence electrons. The minimum atomic E-state index is -0.452. The number of benzene rings is 2. The van der Waals surface area contributed by atoms with Crippen LogP contribution in [-0.4, -0.2) is 30.7 Å². The fourth-order valence-corrected chi connectivity index (χ4v) is 3.23. The van der Waals surface area contributed by atoms with Gasteiger partial charge in [-0.3, -0.25) is 9.20 Å². The average Bonchev–Trinajstić information content (AvgIpc) is 3.14. The van der Waals surface area contributed by atoms with Crippen LogP contribution in [0.2, 0.25) is 0 Å². The number of amides is 1. The fourth-order valence-electron chi connectivity index (χ4n) is 3.23. The molecule has 0 atom stereocenters. The van der Waals surface area contributed by atoms with Crippen LogP contribution in [0.15, 0.2) is 62.8 Å². The lowest BCUT2D eigenvalue weighted by Crippen LogP contribution is -2.18. The zero-order chi connectivity index (χ0) is 21.3. The highest BCUT2D eigenvalue weighted by molar-refractivity contribution is 5.98. The number of hydrogen-bond donors (Lipinski definition) is 1. The van der Waals surface area contributed by atoms with Crippen molar-refractivity contribution in [2.24, 2.45) is 5.10 Å². The number of methoxy groups -OCH3 is 2. The summed E-state index contributed by atoms with van der Waals surface area (Å²) in [6.07, 6.45) is 1.49. The summed E-state index contributed by atoms with van der Waals surface area (Å²) in [5.41, 5.74) is 4.99. The van der Waals surface area contributed by atoms with E-state index in [0.29, 0.717) is 39.2 Å². The summed E-state index contributed by atoms with van der Waals surface area (Å²) in [7, 11) is 3.11. The zero-order valence-electron chi connectivity index (χ0n) is 16.6. The predicted molar refractivity (Wildman–Crippen MR) is 113 cm³/mol. The monoisotopic (exact) mass is 405 g/mol. The van der Waals surface area contributed by atoms with E-state index in [1.807, 2.05) is 13.0 Å². The number of rotatable bonds is 5. The van der Waals surface area contributed by atoms with Crippen LogP contribution in [0, 0.1) is 6.92 Å². The Bertz CT molecular complexity index is 1350. The zero-order valence-corrected chi connectivity index (χ0v) is 16.6. The summed E-state index contributed by atoms with van der Waals surface area (Å²) in [6.45, 7) is 1.89. The maximum Gasteiger partial charge on any atom is 0.346 e. The number of carbonyl (C=O) groups is 1. The van der Waals surface area contributed by atoms with Crippen molar-refractivity contribution in [1.82, 2.24) is 9.83 Å². The van der Waals surface area contributed by atoms with E-state index in [1.165, 1.54) is 6.21 Å². The van der Waals surface area contributed by atoms with Gasteiger partial charge in [0, 0.05) is 29.0 Å². The van der Waals surface area contributed by atoms with Gasteiger partial charge in [-0.1, -0.05) is 0 Å². The lowest BCUT2D eigenvalue weighted by atomic mass is 10.1. The van der Waals surface area contributed by atoms with Gasteiger partial charge < -0.3 is 13.9 Å². The first kappa shape index (κ1) is 19.3. The van der Waals surface area contributed by atoms with Crippen molar-refractivity contribution >= 4 is 28.7 Å². The third-order valence-corrected chi connectivity index (χ3v) is 4.77. The normalized spacial score (nSPS) is 11.3. The third kappa shape index (κ3) is 3.39. The van der Waals surface area contributed by atoms with Crippen molar-refractivity contribution in [3.05, 3.63) is 75.8 Å². The van der Waals surface area contributed by atoms with E-state index >= 15 is 0 Å². The van der Waals surface area contributed by atoms with Crippen LogP contribution in [0.1, 0.15) is 21.6 Å². The predicted octanol–water partition coefficient (Wildman–Crippen LogP) is 3.14. The molecule has 0 aliphatic rings. The molecule has 4 aromatic rings. The summed E-state index contributed by atoms with van der Waals surface area (Å²) in [5, 5.41) is 4.41. The standard InChI is InChI=1S/C22H19N3O5/c1-13-4-9-20-25(13)18-10-14(6-8-17(18)22(27)30-20)21(26)24-23-12-15-5-7-16(28-2)11-19(15)29-3/h4-12H,1-3H3,(H,24,26)/b23-12+. The molecule has 2 aromatic carbocycles. The molecule has 0 saturated carbocycles. The van der Waals surface area contributed by atoms with Gasteiger partial charge in [-0.25, -0.2) is 10.2 Å². The molecule has 4 rings (SSSR count). The van der Waals surface area contributed by atoms with E-state index in [4.69, 9.17) is 13.9 Å². The number of hydrazone groups is 1. The first-order valence-corrected chi connectivity index (χ1v) is 9.12. The van der Waals surface area contributed by atoms with Gasteiger partial charge in [-0.05, 0) is 43.3 Å². The van der Waals surface area contributed by atoms with Crippen LogP contribution in [0.25, 0.3) is 16.6 Å². The quantitative estimate of drug-likeness (QED) is 0.407. The number of hydrogen-bond acceptors (Lipinski definition) is 6. The van der Waals surface area contributed by atoms with Crippen LogP contribution in [0.4, 0.5) is 0 Å². The highest BCUT2D eigenvalue weighted by Gasteiger charge is 2.12. The topological polar surface area (TPSA) is 94.5 Å². The Kier molecular flexibility index (Phi) is 4.97. The maximum absolute atomic E-state index is 12.6. The molecule has 0 radical (unpaired) electrons. The summed E-state index contributed by atoms with van der Waals surface area (Å²) in [4.78, 5) is 24.8. The molecule has 30 heavy (non-hydrogen) atoms. The van der Waals surface area contributed by atoms with Crippen molar-refractivity contribution in [2.75, 3.05) is 14.2 Å². The second-order valence-electron chi connectivity index (χ2n) is 6.58. The molecule has 2 aromatic heterocycles. The SMILES string of the molecule is COc1ccc(/C=N/NC(=O)c2ccc3c(=O)oc4ccc(C)n4c3c2)c(OC)c1. The number of nitrogens with one attached hydrogen (secondary N) is 1. The van der Waals surface area contributed by atoms with Gasteiger partial charge in [0.15, 0.2) is 0 Å². The van der Waals surface area contributed by atoms with Crippen LogP contribution >= 0.6 is 0 Å². The van der Waals surface area contributed by atoms with Crippen molar-refractivity contribution < 1.29 is 18.7 Å². The van der Waals surface area contributed by atoms with E-state index in [0.717, 1.165) is 5.69 Å². The molecule has 0 aliphatic heterocycles. The van der Waals surface area contributed by atoms with Gasteiger partial charge in [0.25, 0.3) is 5.91 Å². The van der Waals surface area contributed by atoms with Gasteiger partial charge in [0.2, 0.25) is 5.71 Å². The van der Waals surface area contributed by atoms with Gasteiger partial charge in [-0.2, -0.15) is 5.10 Å². The molecule has 8 heteroatoms. The Morgan fingerprint density at radius 1 is 1.10 bits per heavy atom. The smallest absolute Gasteiger partial charge is 0.346 e. The molecule has 0 spiro atoms. The molecule has 2 heterocycles. The molecular formula is C22H19N3O5. The second kappa shape index (κ2) is 7.75. The van der Waals surface area contributed by atoms with Gasteiger partial charge in [0.1, 0.15) is 11.5 Å². The minimum absolute atomic E-state index is 0.362. The Morgan fingerprint density at radius 2 is 1.93 bits per heavy atom. The van der Waals surface area contributed by atoms with E-state index in [1.54, 1.807) is 61.1 Å². The first-order valence-electron chi connectivity index (χ1n) is 9.12. The second-order valence-corrected chi connectivity index (χ2v) is 6.58. The van der Waals surface area contributed by atoms with Gasteiger partial charge >= 0.3 is 5.63 Å². The number of nitrogens with zero attached hydrogens (tertiary/aromatic N) is 2. The van der Waals surface area contributed by atoms with Crippen molar-refractivity contribution in [3.63, 3.8) is 0 Å². The van der Waals surface area contributed by atoms with Gasteiger partial charge in [-0.15, -0.1) is 0 Å². The highest BCUT2D eigenvalue weighted by Crippen LogP contribution is 2.23. The van der Waals surface area contributed by atoms with Crippen molar-refractivity contribution in [1.29, 1.82) is 0 Å². The Labute approximate surface area is 171 Å². The van der Waals surface area contributed by atoms with Crippen LogP contribution < -0.4 is 20.5 Å². The number of aromatic nitrogens is 1. The largest absolute Gasteiger partial charge is 0.497 e. The molecule has 0 bridgehead atoms. The Hall–Kier alpha value is -4.07. The van der Waals surface area contributed by atoms with Crippen LogP contribution in [0.5, 0.6) is 11.5 Å². The molecule has 1 amide bonds. The van der Waals surface area contributed by atoms with E-state index in [-0.39, 0.29) is 0 Å². The van der Waals surface area contributed by atoms with Crippen LogP contribution in [0.3, 0.4) is 0 Å². The molecule has 8 nitrogen and oxygen atoms in total. The van der Waals surface area contributed by atoms with Crippen molar-refractivity contribution in [3.8, 4) is 11.5 Å². The minimum Gasteiger partial charge on any atom is -0.497 e. The van der Waals surface area contributed by atoms with E-state index < -0.39 is 11.5 Å². The Balaban J connectivity index is 1.62. The number of carbonyl (C=O) groups excluding carboxylic acids is 1. The molecule has 1 N–H and O–H groups in total. The molecular weight excluding hydrogens is 386 g/mol. The van der Waals surface area contributed by atoms with E-state index in [9.17, 15) is 9.59 Å². The van der Waals surface area contributed by atoms with Crippen LogP contribution in [-0.2, 0) is 0 Å². The molecule has 0 aliphatic carbocycles. The van der Waals surface area contributed by atoms with E-state index in [2.05, 4.69) is 10.5 Å². The maximum atomic E-state index is 12.6. The first-order chi connectivity index (χ1) is 14.5. The molecule has 0 fully saturated rings.